The van der Waals surface area contributed by atoms with Crippen molar-refractivity contribution in [3.63, 3.8) is 0 Å². The fourth-order valence-corrected chi connectivity index (χ4v) is 2.59. The van der Waals surface area contributed by atoms with E-state index in [1.165, 1.54) is 6.07 Å². The maximum atomic E-state index is 11.2. The second-order valence-corrected chi connectivity index (χ2v) is 5.58. The lowest BCUT2D eigenvalue weighted by molar-refractivity contribution is -0.386. The zero-order valence-corrected chi connectivity index (χ0v) is 12.5. The molecule has 21 heavy (non-hydrogen) atoms. The van der Waals surface area contributed by atoms with Gasteiger partial charge in [0, 0.05) is 6.07 Å². The van der Waals surface area contributed by atoms with Crippen LogP contribution >= 0.6 is 0 Å². The molecule has 1 aromatic carbocycles. The van der Waals surface area contributed by atoms with Gasteiger partial charge in [-0.3, -0.25) is 15.4 Å². The molecule has 0 radical (unpaired) electrons. The molecule has 1 aliphatic rings. The zero-order chi connectivity index (χ0) is 15.6. The molecule has 0 aromatic heterocycles. The molecule has 1 fully saturated rings. The van der Waals surface area contributed by atoms with Crippen LogP contribution in [-0.2, 0) is 0 Å². The van der Waals surface area contributed by atoms with Crippen LogP contribution in [0.1, 0.15) is 24.0 Å². The van der Waals surface area contributed by atoms with Crippen LogP contribution in [0.5, 0.6) is 5.75 Å². The van der Waals surface area contributed by atoms with Crippen molar-refractivity contribution >= 4 is 5.69 Å². The van der Waals surface area contributed by atoms with Crippen molar-refractivity contribution in [3.05, 3.63) is 33.4 Å². The fraction of sp³-hybridized carbons (Fsp3) is 0.533. The quantitative estimate of drug-likeness (QED) is 0.642. The van der Waals surface area contributed by atoms with Gasteiger partial charge >= 0.3 is 5.69 Å². The van der Waals surface area contributed by atoms with Crippen molar-refractivity contribution in [1.82, 2.24) is 5.32 Å². The van der Waals surface area contributed by atoms with E-state index >= 15 is 0 Å². The van der Waals surface area contributed by atoms with E-state index in [0.717, 1.165) is 18.4 Å². The molecule has 0 bridgehead atoms. The Morgan fingerprint density at radius 2 is 2.19 bits per heavy atom. The number of ether oxygens (including phenoxy) is 1. The first kappa shape index (κ1) is 15.3. The van der Waals surface area contributed by atoms with E-state index in [0.29, 0.717) is 5.56 Å². The summed E-state index contributed by atoms with van der Waals surface area (Å²) in [6.07, 6.45) is 1.96. The number of benzene rings is 1. The standard InChI is InChI=1S/C15H19N3O3/c1-10-6-11(2)14(13(7-10)18(19)20)21-9-15(8-16,17-3)12-4-5-12/h6-7,12,17H,4-5,9H2,1-3H3. The molecule has 1 aliphatic carbocycles. The topological polar surface area (TPSA) is 88.2 Å². The van der Waals surface area contributed by atoms with E-state index in [2.05, 4.69) is 11.4 Å². The number of hydrogen-bond donors (Lipinski definition) is 1. The third kappa shape index (κ3) is 2.98. The van der Waals surface area contributed by atoms with E-state index < -0.39 is 10.5 Å². The molecule has 1 unspecified atom stereocenters. The lowest BCUT2D eigenvalue weighted by Gasteiger charge is -2.26. The summed E-state index contributed by atoms with van der Waals surface area (Å²) in [4.78, 5) is 10.7. The minimum atomic E-state index is -0.773. The van der Waals surface area contributed by atoms with Gasteiger partial charge in [-0.05, 0) is 50.8 Å². The van der Waals surface area contributed by atoms with E-state index in [1.54, 1.807) is 20.9 Å². The van der Waals surface area contributed by atoms with Crippen molar-refractivity contribution in [2.75, 3.05) is 13.7 Å². The summed E-state index contributed by atoms with van der Waals surface area (Å²) in [6.45, 7) is 3.69. The second kappa shape index (κ2) is 5.70. The lowest BCUT2D eigenvalue weighted by Crippen LogP contribution is -2.49. The van der Waals surface area contributed by atoms with Crippen LogP contribution in [0.4, 0.5) is 5.69 Å². The number of likely N-dealkylation sites (N-methyl/N-ethyl adjacent to an activating group) is 1. The first-order valence-electron chi connectivity index (χ1n) is 6.92. The van der Waals surface area contributed by atoms with Gasteiger partial charge in [0.1, 0.15) is 12.1 Å². The summed E-state index contributed by atoms with van der Waals surface area (Å²) >= 11 is 0. The molecule has 1 saturated carbocycles. The normalized spacial score (nSPS) is 16.9. The van der Waals surface area contributed by atoms with Crippen LogP contribution in [0.3, 0.4) is 0 Å². The Balaban J connectivity index is 2.27. The minimum absolute atomic E-state index is 0.0498. The van der Waals surface area contributed by atoms with Crippen LogP contribution in [0.2, 0.25) is 0 Å². The number of nitro groups is 1. The van der Waals surface area contributed by atoms with Crippen molar-refractivity contribution in [2.24, 2.45) is 5.92 Å². The Labute approximate surface area is 123 Å². The SMILES string of the molecule is CNC(C#N)(COc1c(C)cc(C)cc1[N+](=O)[O-])C1CC1. The van der Waals surface area contributed by atoms with Crippen molar-refractivity contribution < 1.29 is 9.66 Å². The highest BCUT2D eigenvalue weighted by Crippen LogP contribution is 2.40. The maximum absolute atomic E-state index is 11.2. The van der Waals surface area contributed by atoms with Gasteiger partial charge in [-0.2, -0.15) is 5.26 Å². The number of nitro benzene ring substituents is 1. The van der Waals surface area contributed by atoms with E-state index in [9.17, 15) is 15.4 Å². The summed E-state index contributed by atoms with van der Waals surface area (Å²) in [6, 6.07) is 5.60. The van der Waals surface area contributed by atoms with Gasteiger partial charge in [-0.1, -0.05) is 6.07 Å². The van der Waals surface area contributed by atoms with Crippen LogP contribution < -0.4 is 10.1 Å². The summed E-state index contributed by atoms with van der Waals surface area (Å²) < 4.78 is 5.71. The monoisotopic (exact) mass is 289 g/mol. The van der Waals surface area contributed by atoms with Crippen molar-refractivity contribution in [3.8, 4) is 11.8 Å². The molecule has 1 N–H and O–H groups in total. The lowest BCUT2D eigenvalue weighted by atomic mass is 9.96. The van der Waals surface area contributed by atoms with E-state index in [4.69, 9.17) is 4.74 Å². The van der Waals surface area contributed by atoms with E-state index in [1.807, 2.05) is 6.07 Å². The molecule has 1 aromatic rings. The van der Waals surface area contributed by atoms with Gasteiger partial charge < -0.3 is 4.74 Å². The van der Waals surface area contributed by atoms with Gasteiger partial charge in [0.05, 0.1) is 11.0 Å². The fourth-order valence-electron chi connectivity index (χ4n) is 2.59. The Morgan fingerprint density at radius 3 is 2.67 bits per heavy atom. The van der Waals surface area contributed by atoms with Crippen LogP contribution in [-0.4, -0.2) is 24.1 Å². The minimum Gasteiger partial charge on any atom is -0.484 e. The Morgan fingerprint density at radius 1 is 1.52 bits per heavy atom. The van der Waals surface area contributed by atoms with Crippen LogP contribution in [0.15, 0.2) is 12.1 Å². The third-order valence-electron chi connectivity index (χ3n) is 3.96. The molecule has 0 saturated heterocycles. The van der Waals surface area contributed by atoms with Crippen LogP contribution in [0, 0.1) is 41.2 Å². The molecule has 0 amide bonds. The summed E-state index contributed by atoms with van der Waals surface area (Å²) in [5.41, 5.74) is 0.700. The molecule has 6 heteroatoms. The van der Waals surface area contributed by atoms with Gasteiger partial charge in [-0.25, -0.2) is 0 Å². The Kier molecular flexibility index (Phi) is 4.14. The summed E-state index contributed by atoms with van der Waals surface area (Å²) in [5, 5.41) is 23.6. The highest BCUT2D eigenvalue weighted by atomic mass is 16.6. The smallest absolute Gasteiger partial charge is 0.311 e. The molecule has 112 valence electrons. The highest BCUT2D eigenvalue weighted by Gasteiger charge is 2.46. The predicted molar refractivity (Wildman–Crippen MR) is 78.2 cm³/mol. The highest BCUT2D eigenvalue weighted by molar-refractivity contribution is 5.53. The Hall–Kier alpha value is -2.13. The van der Waals surface area contributed by atoms with Gasteiger partial charge in [0.25, 0.3) is 0 Å². The predicted octanol–water partition coefficient (Wildman–Crippen LogP) is 2.48. The Bertz CT molecular complexity index is 605. The van der Waals surface area contributed by atoms with Crippen LogP contribution in [0.25, 0.3) is 0 Å². The summed E-state index contributed by atoms with van der Waals surface area (Å²) in [5.74, 6) is 0.499. The first-order chi connectivity index (χ1) is 9.93. The summed E-state index contributed by atoms with van der Waals surface area (Å²) in [7, 11) is 1.72. The number of aryl methyl sites for hydroxylation is 2. The van der Waals surface area contributed by atoms with Crippen molar-refractivity contribution in [1.29, 1.82) is 5.26 Å². The first-order valence-corrected chi connectivity index (χ1v) is 6.92. The molecule has 0 aliphatic heterocycles. The second-order valence-electron chi connectivity index (χ2n) is 5.58. The number of nitrogens with zero attached hydrogens (tertiary/aromatic N) is 2. The van der Waals surface area contributed by atoms with Gasteiger partial charge in [0.15, 0.2) is 5.75 Å². The number of hydrogen-bond acceptors (Lipinski definition) is 5. The molecular formula is C15H19N3O3. The van der Waals surface area contributed by atoms with E-state index in [-0.39, 0.29) is 24.0 Å². The molecule has 0 spiro atoms. The third-order valence-corrected chi connectivity index (χ3v) is 3.96. The molecule has 0 heterocycles. The van der Waals surface area contributed by atoms with Crippen molar-refractivity contribution in [2.45, 2.75) is 32.2 Å². The maximum Gasteiger partial charge on any atom is 0.311 e. The number of nitriles is 1. The van der Waals surface area contributed by atoms with Gasteiger partial charge in [-0.15, -0.1) is 0 Å². The number of rotatable bonds is 6. The average molecular weight is 289 g/mol. The molecule has 6 nitrogen and oxygen atoms in total. The zero-order valence-electron chi connectivity index (χ0n) is 12.5. The molecule has 2 rings (SSSR count). The van der Waals surface area contributed by atoms with Gasteiger partial charge in [0.2, 0.25) is 0 Å². The largest absolute Gasteiger partial charge is 0.484 e. The number of nitrogens with one attached hydrogen (secondary N) is 1. The average Bonchev–Trinajstić information content (AvgIpc) is 3.26. The molecular weight excluding hydrogens is 270 g/mol. The molecule has 1 atom stereocenters.